The van der Waals surface area contributed by atoms with E-state index in [4.69, 9.17) is 19.6 Å². The van der Waals surface area contributed by atoms with Crippen LogP contribution in [0.3, 0.4) is 0 Å². The molecule has 138 valence electrons. The van der Waals surface area contributed by atoms with Crippen molar-refractivity contribution in [2.75, 3.05) is 6.54 Å². The van der Waals surface area contributed by atoms with Crippen molar-refractivity contribution in [1.82, 2.24) is 5.32 Å². The first kappa shape index (κ1) is 17.4. The Balaban J connectivity index is 1.19. The molecule has 0 unspecified atom stereocenters. The molecule has 1 heterocycles. The van der Waals surface area contributed by atoms with Crippen molar-refractivity contribution in [3.05, 3.63) is 35.9 Å². The monoisotopic (exact) mass is 347 g/mol. The van der Waals surface area contributed by atoms with E-state index in [2.05, 4.69) is 35.6 Å². The Bertz CT molecular complexity index is 524. The molecule has 0 atom stereocenters. The minimum absolute atomic E-state index is 0.645. The summed E-state index contributed by atoms with van der Waals surface area (Å²) in [4.78, 5) is 22.9. The fourth-order valence-electron chi connectivity index (χ4n) is 4.09. The maximum atomic E-state index is 5.75. The Kier molecular flexibility index (Phi) is 5.39. The molecule has 1 aliphatic heterocycles. The van der Waals surface area contributed by atoms with Gasteiger partial charge in [0.05, 0.1) is 0 Å². The zero-order chi connectivity index (χ0) is 17.0. The van der Waals surface area contributed by atoms with Crippen LogP contribution in [0.2, 0.25) is 0 Å². The lowest BCUT2D eigenvalue weighted by Crippen LogP contribution is -2.53. The van der Waals surface area contributed by atoms with Gasteiger partial charge in [-0.15, -0.1) is 0 Å². The first-order valence-electron chi connectivity index (χ1n) is 9.76. The lowest BCUT2D eigenvalue weighted by atomic mass is 9.85. The molecule has 1 aromatic carbocycles. The van der Waals surface area contributed by atoms with E-state index in [1.165, 1.54) is 12.0 Å². The number of benzene rings is 1. The molecule has 1 aromatic rings. The Morgan fingerprint density at radius 3 is 2.04 bits per heavy atom. The molecule has 0 radical (unpaired) electrons. The number of hydrogen-bond donors (Lipinski definition) is 1. The van der Waals surface area contributed by atoms with Crippen molar-refractivity contribution < 1.29 is 19.6 Å². The van der Waals surface area contributed by atoms with Crippen LogP contribution in [0.5, 0.6) is 0 Å². The molecule has 1 saturated heterocycles. The van der Waals surface area contributed by atoms with Gasteiger partial charge in [-0.25, -0.2) is 0 Å². The highest BCUT2D eigenvalue weighted by Crippen LogP contribution is 2.44. The molecule has 4 rings (SSSR count). The lowest BCUT2D eigenvalue weighted by Gasteiger charge is -2.46. The summed E-state index contributed by atoms with van der Waals surface area (Å²) < 4.78 is 0. The topological polar surface area (TPSA) is 49.0 Å². The highest BCUT2D eigenvalue weighted by Gasteiger charge is 2.50. The summed E-state index contributed by atoms with van der Waals surface area (Å²) in [5.74, 6) is -0.706. The van der Waals surface area contributed by atoms with Gasteiger partial charge >= 0.3 is 0 Å². The molecule has 3 fully saturated rings. The van der Waals surface area contributed by atoms with Crippen LogP contribution in [0.25, 0.3) is 0 Å². The van der Waals surface area contributed by atoms with Crippen LogP contribution < -0.4 is 5.32 Å². The highest BCUT2D eigenvalue weighted by atomic mass is 17.4. The van der Waals surface area contributed by atoms with E-state index in [1.807, 2.05) is 0 Å². The van der Waals surface area contributed by atoms with Crippen LogP contribution in [0.4, 0.5) is 0 Å². The highest BCUT2D eigenvalue weighted by molar-refractivity contribution is 5.14. The van der Waals surface area contributed by atoms with Crippen LogP contribution in [-0.4, -0.2) is 18.1 Å². The van der Waals surface area contributed by atoms with Crippen molar-refractivity contribution in [3.63, 3.8) is 0 Å². The third-order valence-electron chi connectivity index (χ3n) is 5.78. The van der Waals surface area contributed by atoms with Gasteiger partial charge in [0, 0.05) is 32.2 Å². The summed E-state index contributed by atoms with van der Waals surface area (Å²) in [5, 5.41) is 3.57. The van der Waals surface area contributed by atoms with E-state index in [0.29, 0.717) is 5.92 Å². The normalized spacial score (nSPS) is 26.1. The van der Waals surface area contributed by atoms with E-state index >= 15 is 0 Å². The summed E-state index contributed by atoms with van der Waals surface area (Å²) in [7, 11) is 0. The smallest absolute Gasteiger partial charge is 0.234 e. The number of rotatable bonds is 4. The molecule has 25 heavy (non-hydrogen) atoms. The van der Waals surface area contributed by atoms with Gasteiger partial charge in [0.25, 0.3) is 0 Å². The van der Waals surface area contributed by atoms with Crippen LogP contribution in [-0.2, 0) is 26.1 Å². The molecule has 0 amide bonds. The van der Waals surface area contributed by atoms with Crippen molar-refractivity contribution in [2.45, 2.75) is 75.9 Å². The second-order valence-electron chi connectivity index (χ2n) is 7.78. The van der Waals surface area contributed by atoms with E-state index in [-0.39, 0.29) is 0 Å². The SMILES string of the molecule is c1ccc(CNCC2CCC3(CC2)OOC2(CCCCC2)OO3)cc1. The van der Waals surface area contributed by atoms with Crippen LogP contribution in [0, 0.1) is 5.92 Å². The molecule has 1 N–H and O–H groups in total. The molecule has 0 bridgehead atoms. The first-order valence-corrected chi connectivity index (χ1v) is 9.76. The lowest BCUT2D eigenvalue weighted by molar-refractivity contribution is -0.663. The van der Waals surface area contributed by atoms with Gasteiger partial charge in [0.1, 0.15) is 0 Å². The Morgan fingerprint density at radius 1 is 0.800 bits per heavy atom. The quantitative estimate of drug-likeness (QED) is 0.826. The van der Waals surface area contributed by atoms with E-state index in [0.717, 1.165) is 64.5 Å². The van der Waals surface area contributed by atoms with Crippen molar-refractivity contribution in [2.24, 2.45) is 5.92 Å². The van der Waals surface area contributed by atoms with Crippen LogP contribution in [0.1, 0.15) is 63.4 Å². The van der Waals surface area contributed by atoms with Gasteiger partial charge in [-0.1, -0.05) is 36.8 Å². The maximum absolute atomic E-state index is 5.75. The molecule has 3 aliphatic rings. The minimum atomic E-state index is -0.696. The average Bonchev–Trinajstić information content (AvgIpc) is 2.68. The zero-order valence-corrected chi connectivity index (χ0v) is 14.9. The fraction of sp³-hybridized carbons (Fsp3) is 0.700. The van der Waals surface area contributed by atoms with Gasteiger partial charge in [0.2, 0.25) is 11.6 Å². The zero-order valence-electron chi connectivity index (χ0n) is 14.9. The molecule has 5 nitrogen and oxygen atoms in total. The standard InChI is InChI=1S/C20H29NO4/c1-3-7-17(8-4-1)15-21-16-18-9-13-20(14-10-18)24-22-19(23-25-20)11-5-2-6-12-19/h1,3-4,7-8,18,21H,2,5-6,9-16H2. The fourth-order valence-corrected chi connectivity index (χ4v) is 4.09. The van der Waals surface area contributed by atoms with E-state index in [9.17, 15) is 0 Å². The number of nitrogens with one attached hydrogen (secondary N) is 1. The summed E-state index contributed by atoms with van der Waals surface area (Å²) in [6, 6.07) is 10.5. The molecular weight excluding hydrogens is 318 g/mol. The molecule has 2 aliphatic carbocycles. The average molecular weight is 347 g/mol. The maximum Gasteiger partial charge on any atom is 0.234 e. The summed E-state index contributed by atoms with van der Waals surface area (Å²) in [6.07, 6.45) is 8.91. The van der Waals surface area contributed by atoms with Crippen LogP contribution in [0.15, 0.2) is 30.3 Å². The molecule has 5 heteroatoms. The van der Waals surface area contributed by atoms with E-state index < -0.39 is 11.6 Å². The molecular formula is C20H29NO4. The third-order valence-corrected chi connectivity index (χ3v) is 5.78. The van der Waals surface area contributed by atoms with E-state index in [1.54, 1.807) is 0 Å². The van der Waals surface area contributed by atoms with Gasteiger partial charge in [-0.3, -0.25) is 0 Å². The van der Waals surface area contributed by atoms with Crippen LogP contribution >= 0.6 is 0 Å². The van der Waals surface area contributed by atoms with Gasteiger partial charge in [-0.2, -0.15) is 19.6 Å². The van der Waals surface area contributed by atoms with Crippen molar-refractivity contribution in [3.8, 4) is 0 Å². The predicted octanol–water partition coefficient (Wildman–Crippen LogP) is 4.23. The first-order chi connectivity index (χ1) is 12.3. The summed E-state index contributed by atoms with van der Waals surface area (Å²) >= 11 is 0. The second kappa shape index (κ2) is 7.72. The Labute approximate surface area is 149 Å². The largest absolute Gasteiger partial charge is 0.312 e. The summed E-state index contributed by atoms with van der Waals surface area (Å²) in [5.41, 5.74) is 1.33. The van der Waals surface area contributed by atoms with Gasteiger partial charge in [0.15, 0.2) is 0 Å². The minimum Gasteiger partial charge on any atom is -0.312 e. The molecule has 2 spiro atoms. The predicted molar refractivity (Wildman–Crippen MR) is 93.0 cm³/mol. The Morgan fingerprint density at radius 2 is 1.40 bits per heavy atom. The number of hydrogen-bond acceptors (Lipinski definition) is 5. The van der Waals surface area contributed by atoms with Gasteiger partial charge in [-0.05, 0) is 43.7 Å². The second-order valence-corrected chi connectivity index (χ2v) is 7.78. The molecule has 2 saturated carbocycles. The van der Waals surface area contributed by atoms with Crippen molar-refractivity contribution >= 4 is 0 Å². The summed E-state index contributed by atoms with van der Waals surface area (Å²) in [6.45, 7) is 1.95. The Hall–Kier alpha value is -0.980. The van der Waals surface area contributed by atoms with Gasteiger partial charge < -0.3 is 5.32 Å². The third kappa shape index (κ3) is 4.23. The van der Waals surface area contributed by atoms with Crippen molar-refractivity contribution in [1.29, 1.82) is 0 Å². The molecule has 0 aromatic heterocycles.